The van der Waals surface area contributed by atoms with E-state index in [0.717, 1.165) is 11.8 Å². The summed E-state index contributed by atoms with van der Waals surface area (Å²) in [5.41, 5.74) is 0. The largest absolute Gasteiger partial charge is 0.447 e. The van der Waals surface area contributed by atoms with Crippen molar-refractivity contribution in [2.75, 3.05) is 0 Å². The first kappa shape index (κ1) is 9.98. The van der Waals surface area contributed by atoms with Crippen LogP contribution in [0.15, 0.2) is 50.8 Å². The molecule has 2 rings (SSSR count). The lowest BCUT2D eigenvalue weighted by atomic mass is 10.3. The smallest absolute Gasteiger partial charge is 0.185 e. The number of carbonyl (C=O) groups excluding carboxylic acids is 1. The van der Waals surface area contributed by atoms with Crippen LogP contribution in [0.3, 0.4) is 0 Å². The SMILES string of the molecule is O=Cc1ccc(Sc2ccccc2F)o1. The first-order valence-corrected chi connectivity index (χ1v) is 5.08. The Morgan fingerprint density at radius 2 is 2.00 bits per heavy atom. The van der Waals surface area contributed by atoms with Crippen molar-refractivity contribution < 1.29 is 13.6 Å². The van der Waals surface area contributed by atoms with Gasteiger partial charge in [-0.3, -0.25) is 4.79 Å². The lowest BCUT2D eigenvalue weighted by Gasteiger charge is -1.98. The van der Waals surface area contributed by atoms with E-state index in [1.54, 1.807) is 30.3 Å². The zero-order valence-corrected chi connectivity index (χ0v) is 8.46. The zero-order chi connectivity index (χ0) is 10.7. The van der Waals surface area contributed by atoms with Gasteiger partial charge < -0.3 is 4.42 Å². The fraction of sp³-hybridized carbons (Fsp3) is 0. The Labute approximate surface area is 90.1 Å². The minimum absolute atomic E-state index is 0.244. The minimum Gasteiger partial charge on any atom is -0.447 e. The third kappa shape index (κ3) is 2.27. The molecule has 0 bridgehead atoms. The van der Waals surface area contributed by atoms with Gasteiger partial charge in [-0.05, 0) is 36.0 Å². The average Bonchev–Trinajstić information content (AvgIpc) is 2.69. The molecule has 0 saturated carbocycles. The lowest BCUT2D eigenvalue weighted by molar-refractivity contribution is 0.109. The van der Waals surface area contributed by atoms with Crippen molar-refractivity contribution in [1.29, 1.82) is 0 Å². The predicted octanol–water partition coefficient (Wildman–Crippen LogP) is 3.38. The normalized spacial score (nSPS) is 10.2. The van der Waals surface area contributed by atoms with E-state index in [-0.39, 0.29) is 11.6 Å². The van der Waals surface area contributed by atoms with Crippen molar-refractivity contribution >= 4 is 18.0 Å². The Morgan fingerprint density at radius 3 is 2.67 bits per heavy atom. The summed E-state index contributed by atoms with van der Waals surface area (Å²) in [7, 11) is 0. The molecule has 1 heterocycles. The molecule has 2 nitrogen and oxygen atoms in total. The van der Waals surface area contributed by atoms with Crippen molar-refractivity contribution in [2.24, 2.45) is 0 Å². The zero-order valence-electron chi connectivity index (χ0n) is 7.64. The summed E-state index contributed by atoms with van der Waals surface area (Å²) in [6.45, 7) is 0. The Morgan fingerprint density at radius 1 is 1.20 bits per heavy atom. The van der Waals surface area contributed by atoms with Gasteiger partial charge in [0.2, 0.25) is 0 Å². The van der Waals surface area contributed by atoms with E-state index >= 15 is 0 Å². The molecule has 0 unspecified atom stereocenters. The predicted molar refractivity (Wildman–Crippen MR) is 54.6 cm³/mol. The molecule has 4 heteroatoms. The fourth-order valence-corrected chi connectivity index (χ4v) is 1.89. The Bertz CT molecular complexity index is 479. The van der Waals surface area contributed by atoms with Crippen LogP contribution in [0.4, 0.5) is 4.39 Å². The van der Waals surface area contributed by atoms with Gasteiger partial charge in [0.05, 0.1) is 4.90 Å². The summed E-state index contributed by atoms with van der Waals surface area (Å²) in [6, 6.07) is 9.60. The number of furan rings is 1. The molecule has 0 aliphatic heterocycles. The summed E-state index contributed by atoms with van der Waals surface area (Å²) in [6.07, 6.45) is 0.616. The van der Waals surface area contributed by atoms with E-state index in [1.165, 1.54) is 6.07 Å². The summed E-state index contributed by atoms with van der Waals surface area (Å²) in [4.78, 5) is 10.8. The minimum atomic E-state index is -0.299. The van der Waals surface area contributed by atoms with E-state index in [2.05, 4.69) is 0 Å². The molecule has 0 fully saturated rings. The van der Waals surface area contributed by atoms with Crippen LogP contribution in [0.2, 0.25) is 0 Å². The number of halogens is 1. The van der Waals surface area contributed by atoms with Gasteiger partial charge in [-0.1, -0.05) is 12.1 Å². The van der Waals surface area contributed by atoms with Gasteiger partial charge in [-0.15, -0.1) is 0 Å². The Balaban J connectivity index is 2.22. The summed E-state index contributed by atoms with van der Waals surface area (Å²) < 4.78 is 18.4. The van der Waals surface area contributed by atoms with Gasteiger partial charge in [0.15, 0.2) is 17.1 Å². The lowest BCUT2D eigenvalue weighted by Crippen LogP contribution is -1.77. The monoisotopic (exact) mass is 222 g/mol. The van der Waals surface area contributed by atoms with Crippen LogP contribution in [0.1, 0.15) is 10.6 Å². The highest BCUT2D eigenvalue weighted by atomic mass is 32.2. The van der Waals surface area contributed by atoms with Crippen LogP contribution in [0.5, 0.6) is 0 Å². The number of hydrogen-bond donors (Lipinski definition) is 0. The van der Waals surface area contributed by atoms with Crippen molar-refractivity contribution in [3.63, 3.8) is 0 Å². The third-order valence-electron chi connectivity index (χ3n) is 1.77. The van der Waals surface area contributed by atoms with Gasteiger partial charge in [0.1, 0.15) is 5.82 Å². The van der Waals surface area contributed by atoms with Crippen molar-refractivity contribution in [3.05, 3.63) is 48.0 Å². The number of aldehydes is 1. The highest BCUT2D eigenvalue weighted by molar-refractivity contribution is 7.99. The first-order chi connectivity index (χ1) is 7.29. The molecule has 0 aliphatic carbocycles. The number of carbonyl (C=O) groups is 1. The van der Waals surface area contributed by atoms with Crippen LogP contribution < -0.4 is 0 Å². The van der Waals surface area contributed by atoms with Crippen LogP contribution in [-0.2, 0) is 0 Å². The molecule has 76 valence electrons. The van der Waals surface area contributed by atoms with Gasteiger partial charge in [-0.25, -0.2) is 4.39 Å². The number of benzene rings is 1. The molecule has 0 amide bonds. The second-order valence-electron chi connectivity index (χ2n) is 2.81. The summed E-state index contributed by atoms with van der Waals surface area (Å²) >= 11 is 1.15. The van der Waals surface area contributed by atoms with Gasteiger partial charge in [0.25, 0.3) is 0 Å². The molecular weight excluding hydrogens is 215 g/mol. The molecule has 0 saturated heterocycles. The average molecular weight is 222 g/mol. The standard InChI is InChI=1S/C11H7FO2S/c12-9-3-1-2-4-10(9)15-11-6-5-8(7-13)14-11/h1-7H. The molecule has 0 radical (unpaired) electrons. The molecule has 0 atom stereocenters. The quantitative estimate of drug-likeness (QED) is 0.746. The van der Waals surface area contributed by atoms with Gasteiger partial charge in [0, 0.05) is 0 Å². The second kappa shape index (κ2) is 4.31. The highest BCUT2D eigenvalue weighted by Gasteiger charge is 2.06. The number of hydrogen-bond acceptors (Lipinski definition) is 3. The van der Waals surface area contributed by atoms with Crippen LogP contribution >= 0.6 is 11.8 Å². The van der Waals surface area contributed by atoms with Gasteiger partial charge >= 0.3 is 0 Å². The van der Waals surface area contributed by atoms with Crippen LogP contribution in [0.25, 0.3) is 0 Å². The Hall–Kier alpha value is -1.55. The molecule has 2 aromatic rings. The van der Waals surface area contributed by atoms with E-state index in [9.17, 15) is 9.18 Å². The topological polar surface area (TPSA) is 30.2 Å². The summed E-state index contributed by atoms with van der Waals surface area (Å²) in [5.74, 6) is -0.0552. The van der Waals surface area contributed by atoms with E-state index < -0.39 is 0 Å². The van der Waals surface area contributed by atoms with Crippen molar-refractivity contribution in [3.8, 4) is 0 Å². The molecular formula is C11H7FO2S. The van der Waals surface area contributed by atoms with Crippen molar-refractivity contribution in [2.45, 2.75) is 9.99 Å². The first-order valence-electron chi connectivity index (χ1n) is 4.27. The molecule has 0 aliphatic rings. The van der Waals surface area contributed by atoms with E-state index in [1.807, 2.05) is 0 Å². The third-order valence-corrected chi connectivity index (χ3v) is 2.74. The maximum Gasteiger partial charge on any atom is 0.185 e. The molecule has 1 aromatic heterocycles. The molecule has 1 aromatic carbocycles. The second-order valence-corrected chi connectivity index (χ2v) is 3.85. The molecule has 0 N–H and O–H groups in total. The van der Waals surface area contributed by atoms with Crippen molar-refractivity contribution in [1.82, 2.24) is 0 Å². The Kier molecular flexibility index (Phi) is 2.87. The van der Waals surface area contributed by atoms with Crippen LogP contribution in [0, 0.1) is 5.82 Å². The highest BCUT2D eigenvalue weighted by Crippen LogP contribution is 2.30. The van der Waals surface area contributed by atoms with Gasteiger partial charge in [-0.2, -0.15) is 0 Å². The molecule has 0 spiro atoms. The fourth-order valence-electron chi connectivity index (χ4n) is 1.09. The maximum absolute atomic E-state index is 13.2. The summed E-state index contributed by atoms with van der Waals surface area (Å²) in [5, 5.41) is 0.502. The van der Waals surface area contributed by atoms with E-state index in [4.69, 9.17) is 4.42 Å². The maximum atomic E-state index is 13.2. The number of rotatable bonds is 3. The van der Waals surface area contributed by atoms with Crippen LogP contribution in [-0.4, -0.2) is 6.29 Å². The molecule has 15 heavy (non-hydrogen) atoms. The van der Waals surface area contributed by atoms with E-state index in [0.29, 0.717) is 16.3 Å².